The van der Waals surface area contributed by atoms with Crippen molar-refractivity contribution in [1.82, 2.24) is 4.57 Å². The molecule has 0 unspecified atom stereocenters. The van der Waals surface area contributed by atoms with Crippen LogP contribution in [-0.2, 0) is 6.54 Å². The molecule has 108 valence electrons. The lowest BCUT2D eigenvalue weighted by Crippen LogP contribution is -1.99. The van der Waals surface area contributed by atoms with Crippen LogP contribution in [-0.4, -0.2) is 18.8 Å². The van der Waals surface area contributed by atoms with Crippen LogP contribution in [0, 0.1) is 0 Å². The Balaban J connectivity index is 1.95. The van der Waals surface area contributed by atoms with Gasteiger partial charge < -0.3 is 14.0 Å². The highest BCUT2D eigenvalue weighted by Crippen LogP contribution is 2.28. The molecule has 0 aliphatic carbocycles. The Bertz CT molecular complexity index is 780. The molecular weight excluding hydrogens is 330 g/mol. The zero-order valence-corrected chi connectivity index (χ0v) is 13.6. The topological polar surface area (TPSA) is 23.4 Å². The van der Waals surface area contributed by atoms with Crippen LogP contribution in [0.4, 0.5) is 0 Å². The largest absolute Gasteiger partial charge is 0.493 e. The van der Waals surface area contributed by atoms with Gasteiger partial charge in [0.25, 0.3) is 0 Å². The highest BCUT2D eigenvalue weighted by atomic mass is 79.9. The highest BCUT2D eigenvalue weighted by Gasteiger charge is 2.07. The number of halogens is 1. The molecule has 3 nitrogen and oxygen atoms in total. The standard InChI is InChI=1S/C17H16BrNO2/c1-20-16-6-3-12(9-17(16)21-2)11-19-8-7-13-10-14(18)4-5-15(13)19/h3-10H,11H2,1-2H3. The van der Waals surface area contributed by atoms with Crippen molar-refractivity contribution in [1.29, 1.82) is 0 Å². The Kier molecular flexibility index (Phi) is 3.88. The number of hydrogen-bond acceptors (Lipinski definition) is 2. The van der Waals surface area contributed by atoms with Crippen molar-refractivity contribution in [3.05, 3.63) is 58.7 Å². The molecular formula is C17H16BrNO2. The van der Waals surface area contributed by atoms with E-state index in [1.165, 1.54) is 16.5 Å². The number of ether oxygens (including phenoxy) is 2. The Morgan fingerprint density at radius 1 is 0.952 bits per heavy atom. The smallest absolute Gasteiger partial charge is 0.161 e. The van der Waals surface area contributed by atoms with Gasteiger partial charge in [0.2, 0.25) is 0 Å². The van der Waals surface area contributed by atoms with Gasteiger partial charge in [-0.05, 0) is 42.0 Å². The van der Waals surface area contributed by atoms with E-state index in [0.29, 0.717) is 0 Å². The lowest BCUT2D eigenvalue weighted by atomic mass is 10.2. The van der Waals surface area contributed by atoms with Crippen LogP contribution in [0.3, 0.4) is 0 Å². The van der Waals surface area contributed by atoms with Gasteiger partial charge in [0.05, 0.1) is 14.2 Å². The van der Waals surface area contributed by atoms with E-state index in [4.69, 9.17) is 9.47 Å². The molecule has 1 heterocycles. The van der Waals surface area contributed by atoms with Crippen molar-refractivity contribution in [2.75, 3.05) is 14.2 Å². The molecule has 0 saturated carbocycles. The molecule has 0 radical (unpaired) electrons. The van der Waals surface area contributed by atoms with Gasteiger partial charge in [0.15, 0.2) is 11.5 Å². The van der Waals surface area contributed by atoms with Crippen molar-refractivity contribution in [2.45, 2.75) is 6.54 Å². The minimum Gasteiger partial charge on any atom is -0.493 e. The van der Waals surface area contributed by atoms with Crippen LogP contribution in [0.2, 0.25) is 0 Å². The molecule has 2 aromatic carbocycles. The van der Waals surface area contributed by atoms with E-state index in [9.17, 15) is 0 Å². The van der Waals surface area contributed by atoms with Crippen LogP contribution in [0.1, 0.15) is 5.56 Å². The normalized spacial score (nSPS) is 10.8. The van der Waals surface area contributed by atoms with E-state index >= 15 is 0 Å². The second kappa shape index (κ2) is 5.82. The van der Waals surface area contributed by atoms with Crippen LogP contribution in [0.15, 0.2) is 53.1 Å². The van der Waals surface area contributed by atoms with Crippen LogP contribution >= 0.6 is 15.9 Å². The summed E-state index contributed by atoms with van der Waals surface area (Å²) in [6.07, 6.45) is 2.10. The number of nitrogens with zero attached hydrogens (tertiary/aromatic N) is 1. The fourth-order valence-corrected chi connectivity index (χ4v) is 2.86. The summed E-state index contributed by atoms with van der Waals surface area (Å²) in [6, 6.07) is 14.5. The number of fused-ring (bicyclic) bond motifs is 1. The van der Waals surface area contributed by atoms with Gasteiger partial charge in [-0.3, -0.25) is 0 Å². The average Bonchev–Trinajstić information content (AvgIpc) is 2.89. The van der Waals surface area contributed by atoms with Crippen molar-refractivity contribution in [3.8, 4) is 11.5 Å². The molecule has 3 rings (SSSR count). The first kappa shape index (κ1) is 14.0. The Morgan fingerprint density at radius 2 is 1.76 bits per heavy atom. The van der Waals surface area contributed by atoms with Crippen LogP contribution < -0.4 is 9.47 Å². The third-order valence-corrected chi connectivity index (χ3v) is 4.03. The summed E-state index contributed by atoms with van der Waals surface area (Å²) >= 11 is 3.50. The summed E-state index contributed by atoms with van der Waals surface area (Å²) in [4.78, 5) is 0. The predicted molar refractivity (Wildman–Crippen MR) is 88.3 cm³/mol. The van der Waals surface area contributed by atoms with Gasteiger partial charge in [0, 0.05) is 28.1 Å². The predicted octanol–water partition coefficient (Wildman–Crippen LogP) is 4.47. The van der Waals surface area contributed by atoms with E-state index in [1.807, 2.05) is 12.1 Å². The SMILES string of the molecule is COc1ccc(Cn2ccc3cc(Br)ccc32)cc1OC. The third kappa shape index (κ3) is 2.76. The molecule has 0 saturated heterocycles. The zero-order valence-electron chi connectivity index (χ0n) is 12.0. The van der Waals surface area contributed by atoms with Crippen molar-refractivity contribution in [2.24, 2.45) is 0 Å². The minimum absolute atomic E-state index is 0.752. The Labute approximate surface area is 132 Å². The number of hydrogen-bond donors (Lipinski definition) is 0. The second-order valence-corrected chi connectivity index (χ2v) is 5.75. The Morgan fingerprint density at radius 3 is 2.52 bits per heavy atom. The van der Waals surface area contributed by atoms with Gasteiger partial charge in [-0.2, -0.15) is 0 Å². The molecule has 0 fully saturated rings. The summed E-state index contributed by atoms with van der Waals surface area (Å²) < 4.78 is 14.0. The van der Waals surface area contributed by atoms with Gasteiger partial charge in [-0.15, -0.1) is 0 Å². The first-order valence-electron chi connectivity index (χ1n) is 6.66. The maximum atomic E-state index is 5.36. The van der Waals surface area contributed by atoms with E-state index in [1.54, 1.807) is 14.2 Å². The number of aromatic nitrogens is 1. The van der Waals surface area contributed by atoms with Crippen molar-refractivity contribution < 1.29 is 9.47 Å². The fourth-order valence-electron chi connectivity index (χ4n) is 2.48. The maximum Gasteiger partial charge on any atom is 0.161 e. The molecule has 0 bridgehead atoms. The molecule has 0 amide bonds. The molecule has 0 spiro atoms. The summed E-state index contributed by atoms with van der Waals surface area (Å²) in [5, 5.41) is 1.23. The molecule has 0 aliphatic rings. The van der Waals surface area contributed by atoms with Gasteiger partial charge in [-0.1, -0.05) is 22.0 Å². The molecule has 0 atom stereocenters. The number of methoxy groups -OCH3 is 2. The van der Waals surface area contributed by atoms with E-state index in [0.717, 1.165) is 22.5 Å². The Hall–Kier alpha value is -1.94. The number of rotatable bonds is 4. The summed E-state index contributed by atoms with van der Waals surface area (Å²) in [5.74, 6) is 1.51. The monoisotopic (exact) mass is 345 g/mol. The van der Waals surface area contributed by atoms with Crippen LogP contribution in [0.5, 0.6) is 11.5 Å². The quantitative estimate of drug-likeness (QED) is 0.696. The minimum atomic E-state index is 0.752. The van der Waals surface area contributed by atoms with Gasteiger partial charge in [0.1, 0.15) is 0 Å². The molecule has 0 aliphatic heterocycles. The molecule has 1 aromatic heterocycles. The van der Waals surface area contributed by atoms with Crippen LogP contribution in [0.25, 0.3) is 10.9 Å². The average molecular weight is 346 g/mol. The van der Waals surface area contributed by atoms with Gasteiger partial charge >= 0.3 is 0 Å². The maximum absolute atomic E-state index is 5.36. The van der Waals surface area contributed by atoms with E-state index < -0.39 is 0 Å². The van der Waals surface area contributed by atoms with Crippen molar-refractivity contribution >= 4 is 26.8 Å². The highest BCUT2D eigenvalue weighted by molar-refractivity contribution is 9.10. The van der Waals surface area contributed by atoms with Gasteiger partial charge in [-0.25, -0.2) is 0 Å². The molecule has 21 heavy (non-hydrogen) atoms. The van der Waals surface area contributed by atoms with E-state index in [-0.39, 0.29) is 0 Å². The molecule has 0 N–H and O–H groups in total. The molecule has 3 aromatic rings. The number of benzene rings is 2. The summed E-state index contributed by atoms with van der Waals surface area (Å²) in [7, 11) is 3.30. The fraction of sp³-hybridized carbons (Fsp3) is 0.176. The summed E-state index contributed by atoms with van der Waals surface area (Å²) in [6.45, 7) is 0.797. The first-order valence-corrected chi connectivity index (χ1v) is 7.46. The molecule has 4 heteroatoms. The van der Waals surface area contributed by atoms with Crippen molar-refractivity contribution in [3.63, 3.8) is 0 Å². The third-order valence-electron chi connectivity index (χ3n) is 3.53. The lowest BCUT2D eigenvalue weighted by molar-refractivity contribution is 0.354. The first-order chi connectivity index (χ1) is 10.2. The lowest BCUT2D eigenvalue weighted by Gasteiger charge is -2.11. The summed E-state index contributed by atoms with van der Waals surface area (Å²) in [5.41, 5.74) is 2.39. The van der Waals surface area contributed by atoms with E-state index in [2.05, 4.69) is 57.0 Å². The zero-order chi connectivity index (χ0) is 14.8. The second-order valence-electron chi connectivity index (χ2n) is 4.84.